The van der Waals surface area contributed by atoms with Crippen molar-refractivity contribution in [1.29, 1.82) is 0 Å². The van der Waals surface area contributed by atoms with Crippen molar-refractivity contribution in [3.8, 4) is 0 Å². The first-order valence-corrected chi connectivity index (χ1v) is 9.59. The minimum atomic E-state index is -4.52. The number of anilines is 1. The van der Waals surface area contributed by atoms with Crippen LogP contribution >= 0.6 is 0 Å². The lowest BCUT2D eigenvalue weighted by Crippen LogP contribution is -2.37. The van der Waals surface area contributed by atoms with E-state index in [9.17, 15) is 31.9 Å². The summed E-state index contributed by atoms with van der Waals surface area (Å²) in [6.45, 7) is 1.46. The Labute approximate surface area is 180 Å². The maximum Gasteiger partial charge on any atom is 0.417 e. The summed E-state index contributed by atoms with van der Waals surface area (Å²) in [5.41, 5.74) is 0.0265. The second-order valence-electron chi connectivity index (χ2n) is 7.16. The van der Waals surface area contributed by atoms with Crippen molar-refractivity contribution in [3.63, 3.8) is 0 Å². The van der Waals surface area contributed by atoms with Crippen molar-refractivity contribution in [3.05, 3.63) is 94.8 Å². The van der Waals surface area contributed by atoms with Crippen molar-refractivity contribution in [1.82, 2.24) is 4.98 Å². The lowest BCUT2D eigenvalue weighted by Gasteiger charge is -2.26. The number of amides is 1. The average molecular weight is 450 g/mol. The van der Waals surface area contributed by atoms with Crippen LogP contribution in [0.4, 0.5) is 27.6 Å². The molecule has 0 aliphatic carbocycles. The molecular weight excluding hydrogens is 431 g/mol. The van der Waals surface area contributed by atoms with E-state index >= 15 is 0 Å². The molecule has 32 heavy (non-hydrogen) atoms. The SMILES string of the molecule is Cc1ccc(N(CCc2ccc(C(F)(F)F)cn2)C(=O)C(O)c2ccc(F)cc2)cc1F. The molecule has 1 atom stereocenters. The predicted molar refractivity (Wildman–Crippen MR) is 108 cm³/mol. The number of halogens is 5. The molecule has 0 spiro atoms. The second-order valence-corrected chi connectivity index (χ2v) is 7.16. The number of nitrogens with zero attached hydrogens (tertiary/aromatic N) is 2. The number of aliphatic hydroxyl groups is 1. The molecule has 3 aromatic rings. The Balaban J connectivity index is 1.86. The fourth-order valence-electron chi connectivity index (χ4n) is 3.02. The first kappa shape index (κ1) is 23.3. The highest BCUT2D eigenvalue weighted by Crippen LogP contribution is 2.29. The van der Waals surface area contributed by atoms with Gasteiger partial charge in [-0.15, -0.1) is 0 Å². The van der Waals surface area contributed by atoms with Crippen LogP contribution in [0.15, 0.2) is 60.8 Å². The minimum absolute atomic E-state index is 0.0511. The highest BCUT2D eigenvalue weighted by atomic mass is 19.4. The third-order valence-corrected chi connectivity index (χ3v) is 4.90. The van der Waals surface area contributed by atoms with Gasteiger partial charge >= 0.3 is 6.18 Å². The molecule has 0 radical (unpaired) electrons. The molecule has 1 amide bonds. The maximum absolute atomic E-state index is 14.1. The predicted octanol–water partition coefficient (Wildman–Crippen LogP) is 5.00. The van der Waals surface area contributed by atoms with E-state index in [1.807, 2.05) is 0 Å². The van der Waals surface area contributed by atoms with Crippen LogP contribution < -0.4 is 4.90 Å². The summed E-state index contributed by atoms with van der Waals surface area (Å²) in [6.07, 6.45) is -5.43. The van der Waals surface area contributed by atoms with Gasteiger partial charge in [0.25, 0.3) is 5.91 Å². The first-order chi connectivity index (χ1) is 15.1. The van der Waals surface area contributed by atoms with E-state index in [0.29, 0.717) is 11.8 Å². The summed E-state index contributed by atoms with van der Waals surface area (Å²) in [4.78, 5) is 17.9. The Morgan fingerprint density at radius 1 is 1.06 bits per heavy atom. The minimum Gasteiger partial charge on any atom is -0.378 e. The molecule has 1 unspecified atom stereocenters. The lowest BCUT2D eigenvalue weighted by atomic mass is 10.1. The van der Waals surface area contributed by atoms with Gasteiger partial charge in [-0.1, -0.05) is 18.2 Å². The summed E-state index contributed by atoms with van der Waals surface area (Å²) in [5, 5.41) is 10.5. The fourth-order valence-corrected chi connectivity index (χ4v) is 3.02. The Morgan fingerprint density at radius 3 is 2.31 bits per heavy atom. The molecule has 1 N–H and O–H groups in total. The highest BCUT2D eigenvalue weighted by molar-refractivity contribution is 5.97. The van der Waals surface area contributed by atoms with Gasteiger partial charge in [0.15, 0.2) is 6.10 Å². The van der Waals surface area contributed by atoms with E-state index in [2.05, 4.69) is 4.98 Å². The number of carbonyl (C=O) groups excluding carboxylic acids is 1. The van der Waals surface area contributed by atoms with Crippen molar-refractivity contribution in [2.75, 3.05) is 11.4 Å². The van der Waals surface area contributed by atoms with Crippen LogP contribution in [0, 0.1) is 18.6 Å². The number of aliphatic hydroxyl groups excluding tert-OH is 1. The monoisotopic (exact) mass is 450 g/mol. The van der Waals surface area contributed by atoms with Crippen LogP contribution in [0.1, 0.15) is 28.5 Å². The van der Waals surface area contributed by atoms with Crippen molar-refractivity contribution in [2.24, 2.45) is 0 Å². The van der Waals surface area contributed by atoms with Crippen molar-refractivity contribution < 1.29 is 31.9 Å². The number of aromatic nitrogens is 1. The standard InChI is InChI=1S/C23H19F5N2O2/c1-14-2-9-19(12-20(14)25)30(22(32)21(31)15-3-6-17(24)7-4-15)11-10-18-8-5-16(13-29-18)23(26,27)28/h2-9,12-13,21,31H,10-11H2,1H3. The van der Waals surface area contributed by atoms with Gasteiger partial charge in [0, 0.05) is 30.5 Å². The number of hydrogen-bond acceptors (Lipinski definition) is 3. The number of benzene rings is 2. The number of alkyl halides is 3. The van der Waals surface area contributed by atoms with Gasteiger partial charge in [0.1, 0.15) is 11.6 Å². The molecule has 2 aromatic carbocycles. The quantitative estimate of drug-likeness (QED) is 0.538. The fraction of sp³-hybridized carbons (Fsp3) is 0.217. The van der Waals surface area contributed by atoms with Gasteiger partial charge in [-0.05, 0) is 54.4 Å². The van der Waals surface area contributed by atoms with E-state index in [4.69, 9.17) is 0 Å². The van der Waals surface area contributed by atoms with Gasteiger partial charge in [0.05, 0.1) is 5.56 Å². The second kappa shape index (κ2) is 9.44. The van der Waals surface area contributed by atoms with Crippen LogP contribution in [0.25, 0.3) is 0 Å². The molecule has 1 aromatic heterocycles. The third-order valence-electron chi connectivity index (χ3n) is 4.90. The number of hydrogen-bond donors (Lipinski definition) is 1. The Kier molecular flexibility index (Phi) is 6.88. The molecule has 0 aliphatic rings. The smallest absolute Gasteiger partial charge is 0.378 e. The molecule has 0 saturated heterocycles. The van der Waals surface area contributed by atoms with Gasteiger partial charge in [-0.25, -0.2) is 8.78 Å². The molecule has 4 nitrogen and oxygen atoms in total. The van der Waals surface area contributed by atoms with E-state index < -0.39 is 35.4 Å². The number of pyridine rings is 1. The van der Waals surface area contributed by atoms with Gasteiger partial charge < -0.3 is 10.0 Å². The van der Waals surface area contributed by atoms with E-state index in [1.54, 1.807) is 6.92 Å². The normalized spacial score (nSPS) is 12.5. The molecular formula is C23H19F5N2O2. The van der Waals surface area contributed by atoms with Gasteiger partial charge in [-0.3, -0.25) is 9.78 Å². The lowest BCUT2D eigenvalue weighted by molar-refractivity contribution is -0.137. The third kappa shape index (κ3) is 5.47. The molecule has 9 heteroatoms. The Hall–Kier alpha value is -3.33. The number of aryl methyl sites for hydroxylation is 1. The zero-order valence-electron chi connectivity index (χ0n) is 16.9. The molecule has 168 valence electrons. The first-order valence-electron chi connectivity index (χ1n) is 9.59. The average Bonchev–Trinajstić information content (AvgIpc) is 2.76. The van der Waals surface area contributed by atoms with Crippen LogP contribution in [0.3, 0.4) is 0 Å². The molecule has 0 bridgehead atoms. The number of carbonyl (C=O) groups is 1. The van der Waals surface area contributed by atoms with E-state index in [1.165, 1.54) is 30.3 Å². The Morgan fingerprint density at radius 2 is 1.75 bits per heavy atom. The van der Waals surface area contributed by atoms with E-state index in [0.717, 1.165) is 29.2 Å². The maximum atomic E-state index is 14.1. The van der Waals surface area contributed by atoms with Crippen LogP contribution in [0.5, 0.6) is 0 Å². The summed E-state index contributed by atoms with van der Waals surface area (Å²) < 4.78 is 65.5. The van der Waals surface area contributed by atoms with Crippen molar-refractivity contribution >= 4 is 11.6 Å². The van der Waals surface area contributed by atoms with Gasteiger partial charge in [0.2, 0.25) is 0 Å². The van der Waals surface area contributed by atoms with Crippen LogP contribution in [0.2, 0.25) is 0 Å². The Bertz CT molecular complexity index is 1080. The topological polar surface area (TPSA) is 53.4 Å². The van der Waals surface area contributed by atoms with Crippen LogP contribution in [-0.4, -0.2) is 22.5 Å². The zero-order chi connectivity index (χ0) is 23.5. The summed E-state index contributed by atoms with van der Waals surface area (Å²) >= 11 is 0. The molecule has 1 heterocycles. The zero-order valence-corrected chi connectivity index (χ0v) is 16.9. The van der Waals surface area contributed by atoms with Crippen LogP contribution in [-0.2, 0) is 17.4 Å². The highest BCUT2D eigenvalue weighted by Gasteiger charge is 2.31. The molecule has 0 aliphatic heterocycles. The summed E-state index contributed by atoms with van der Waals surface area (Å²) in [5.74, 6) is -1.91. The molecule has 0 fully saturated rings. The largest absolute Gasteiger partial charge is 0.417 e. The molecule has 3 rings (SSSR count). The van der Waals surface area contributed by atoms with E-state index in [-0.39, 0.29) is 29.9 Å². The summed E-state index contributed by atoms with van der Waals surface area (Å²) in [7, 11) is 0. The summed E-state index contributed by atoms with van der Waals surface area (Å²) in [6, 6.07) is 10.9. The van der Waals surface area contributed by atoms with Gasteiger partial charge in [-0.2, -0.15) is 13.2 Å². The molecule has 0 saturated carbocycles. The van der Waals surface area contributed by atoms with Crippen molar-refractivity contribution in [2.45, 2.75) is 25.6 Å². The number of rotatable bonds is 6.